The lowest BCUT2D eigenvalue weighted by Gasteiger charge is -2.16. The Bertz CT molecular complexity index is 545. The van der Waals surface area contributed by atoms with E-state index in [9.17, 15) is 0 Å². The molecule has 0 aliphatic rings. The summed E-state index contributed by atoms with van der Waals surface area (Å²) in [4.78, 5) is 0. The van der Waals surface area contributed by atoms with Crippen LogP contribution in [0.5, 0.6) is 11.5 Å². The standard InChI is InChI=1S/C18H23NO3/c1-15(22-17-8-4-3-5-9-17)14-19-16-7-6-10-18(13-16)21-12-11-20-2/h3-10,13,15,19H,11-12,14H2,1-2H3. The van der Waals surface area contributed by atoms with Gasteiger partial charge in [-0.15, -0.1) is 0 Å². The summed E-state index contributed by atoms with van der Waals surface area (Å²) >= 11 is 0. The predicted molar refractivity (Wildman–Crippen MR) is 88.8 cm³/mol. The van der Waals surface area contributed by atoms with Crippen LogP contribution in [0.25, 0.3) is 0 Å². The third kappa shape index (κ3) is 5.66. The lowest BCUT2D eigenvalue weighted by molar-refractivity contribution is 0.146. The number of hydrogen-bond acceptors (Lipinski definition) is 4. The van der Waals surface area contributed by atoms with Crippen LogP contribution in [0, 0.1) is 0 Å². The molecule has 0 radical (unpaired) electrons. The van der Waals surface area contributed by atoms with Crippen molar-refractivity contribution >= 4 is 5.69 Å². The molecular formula is C18H23NO3. The molecule has 0 bridgehead atoms. The summed E-state index contributed by atoms with van der Waals surface area (Å²) in [5.74, 6) is 1.71. The molecule has 1 N–H and O–H groups in total. The Morgan fingerprint density at radius 1 is 0.955 bits per heavy atom. The molecule has 4 heteroatoms. The maximum absolute atomic E-state index is 5.84. The maximum Gasteiger partial charge on any atom is 0.121 e. The summed E-state index contributed by atoms with van der Waals surface area (Å²) in [5.41, 5.74) is 1.01. The zero-order valence-electron chi connectivity index (χ0n) is 13.1. The van der Waals surface area contributed by atoms with Crippen molar-refractivity contribution in [1.82, 2.24) is 0 Å². The molecule has 0 aliphatic heterocycles. The summed E-state index contributed by atoms with van der Waals surface area (Å²) in [6, 6.07) is 17.7. The number of ether oxygens (including phenoxy) is 3. The molecule has 0 spiro atoms. The monoisotopic (exact) mass is 301 g/mol. The lowest BCUT2D eigenvalue weighted by Crippen LogP contribution is -2.22. The molecule has 0 amide bonds. The molecular weight excluding hydrogens is 278 g/mol. The first-order chi connectivity index (χ1) is 10.8. The van der Waals surface area contributed by atoms with Gasteiger partial charge < -0.3 is 19.5 Å². The van der Waals surface area contributed by atoms with Gasteiger partial charge in [-0.1, -0.05) is 24.3 Å². The van der Waals surface area contributed by atoms with Gasteiger partial charge in [0.15, 0.2) is 0 Å². The number of nitrogens with one attached hydrogen (secondary N) is 1. The second-order valence-corrected chi connectivity index (χ2v) is 4.99. The summed E-state index contributed by atoms with van der Waals surface area (Å²) < 4.78 is 16.4. The van der Waals surface area contributed by atoms with Crippen molar-refractivity contribution in [3.8, 4) is 11.5 Å². The third-order valence-corrected chi connectivity index (χ3v) is 3.06. The van der Waals surface area contributed by atoms with E-state index < -0.39 is 0 Å². The SMILES string of the molecule is COCCOc1cccc(NCC(C)Oc2ccccc2)c1. The average Bonchev–Trinajstić information content (AvgIpc) is 2.55. The van der Waals surface area contributed by atoms with Crippen molar-refractivity contribution in [3.63, 3.8) is 0 Å². The quantitative estimate of drug-likeness (QED) is 0.719. The van der Waals surface area contributed by atoms with E-state index in [-0.39, 0.29) is 6.10 Å². The van der Waals surface area contributed by atoms with E-state index in [1.165, 1.54) is 0 Å². The number of hydrogen-bond donors (Lipinski definition) is 1. The molecule has 1 atom stereocenters. The Kier molecular flexibility index (Phi) is 6.58. The van der Waals surface area contributed by atoms with Gasteiger partial charge in [0.2, 0.25) is 0 Å². The summed E-state index contributed by atoms with van der Waals surface area (Å²) in [6.45, 7) is 3.89. The zero-order chi connectivity index (χ0) is 15.6. The minimum absolute atomic E-state index is 0.0699. The van der Waals surface area contributed by atoms with E-state index in [1.807, 2.05) is 61.5 Å². The Labute approximate surface area is 132 Å². The van der Waals surface area contributed by atoms with Crippen LogP contribution in [0.3, 0.4) is 0 Å². The van der Waals surface area contributed by atoms with Crippen molar-refractivity contribution in [2.75, 3.05) is 32.2 Å². The van der Waals surface area contributed by atoms with Gasteiger partial charge in [0, 0.05) is 18.9 Å². The highest BCUT2D eigenvalue weighted by atomic mass is 16.5. The molecule has 0 saturated carbocycles. The molecule has 1 unspecified atom stereocenters. The van der Waals surface area contributed by atoms with E-state index in [2.05, 4.69) is 5.32 Å². The Hall–Kier alpha value is -2.20. The van der Waals surface area contributed by atoms with Gasteiger partial charge in [-0.3, -0.25) is 0 Å². The normalized spacial score (nSPS) is 11.7. The molecule has 0 saturated heterocycles. The molecule has 4 nitrogen and oxygen atoms in total. The molecule has 0 heterocycles. The fraction of sp³-hybridized carbons (Fsp3) is 0.333. The van der Waals surface area contributed by atoms with Gasteiger partial charge in [-0.2, -0.15) is 0 Å². The van der Waals surface area contributed by atoms with Crippen LogP contribution in [0.2, 0.25) is 0 Å². The van der Waals surface area contributed by atoms with Crippen LogP contribution in [-0.4, -0.2) is 33.0 Å². The van der Waals surface area contributed by atoms with Gasteiger partial charge in [-0.25, -0.2) is 0 Å². The number of anilines is 1. The first-order valence-electron chi connectivity index (χ1n) is 7.45. The summed E-state index contributed by atoms with van der Waals surface area (Å²) in [5, 5.41) is 3.36. The molecule has 0 aliphatic carbocycles. The number of benzene rings is 2. The second kappa shape index (κ2) is 8.95. The van der Waals surface area contributed by atoms with Crippen LogP contribution in [0.4, 0.5) is 5.69 Å². The highest BCUT2D eigenvalue weighted by molar-refractivity contribution is 5.48. The number of methoxy groups -OCH3 is 1. The van der Waals surface area contributed by atoms with Crippen molar-refractivity contribution in [3.05, 3.63) is 54.6 Å². The van der Waals surface area contributed by atoms with Gasteiger partial charge in [0.25, 0.3) is 0 Å². The van der Waals surface area contributed by atoms with Crippen LogP contribution in [0.1, 0.15) is 6.92 Å². The molecule has 2 rings (SSSR count). The number of rotatable bonds is 9. The van der Waals surface area contributed by atoms with Gasteiger partial charge in [0.1, 0.15) is 24.2 Å². The van der Waals surface area contributed by atoms with Gasteiger partial charge >= 0.3 is 0 Å². The largest absolute Gasteiger partial charge is 0.491 e. The smallest absolute Gasteiger partial charge is 0.121 e. The molecule has 2 aromatic carbocycles. The molecule has 0 aromatic heterocycles. The minimum atomic E-state index is 0.0699. The minimum Gasteiger partial charge on any atom is -0.491 e. The first-order valence-corrected chi connectivity index (χ1v) is 7.45. The van der Waals surface area contributed by atoms with E-state index in [1.54, 1.807) is 7.11 Å². The van der Waals surface area contributed by atoms with E-state index >= 15 is 0 Å². The molecule has 22 heavy (non-hydrogen) atoms. The maximum atomic E-state index is 5.84. The van der Waals surface area contributed by atoms with Crippen molar-refractivity contribution in [2.24, 2.45) is 0 Å². The first kappa shape index (κ1) is 16.2. The van der Waals surface area contributed by atoms with Crippen LogP contribution in [-0.2, 0) is 4.74 Å². The predicted octanol–water partition coefficient (Wildman–Crippen LogP) is 3.59. The Morgan fingerprint density at radius 2 is 1.73 bits per heavy atom. The molecule has 2 aromatic rings. The highest BCUT2D eigenvalue weighted by Gasteiger charge is 2.04. The van der Waals surface area contributed by atoms with Crippen LogP contribution < -0.4 is 14.8 Å². The van der Waals surface area contributed by atoms with Crippen molar-refractivity contribution < 1.29 is 14.2 Å². The van der Waals surface area contributed by atoms with Crippen molar-refractivity contribution in [1.29, 1.82) is 0 Å². The highest BCUT2D eigenvalue weighted by Crippen LogP contribution is 2.18. The van der Waals surface area contributed by atoms with E-state index in [0.717, 1.165) is 23.7 Å². The summed E-state index contributed by atoms with van der Waals surface area (Å²) in [6.07, 6.45) is 0.0699. The summed E-state index contributed by atoms with van der Waals surface area (Å²) in [7, 11) is 1.66. The van der Waals surface area contributed by atoms with Crippen molar-refractivity contribution in [2.45, 2.75) is 13.0 Å². The van der Waals surface area contributed by atoms with Crippen LogP contribution >= 0.6 is 0 Å². The fourth-order valence-electron chi connectivity index (χ4n) is 1.97. The molecule has 0 fully saturated rings. The third-order valence-electron chi connectivity index (χ3n) is 3.06. The molecule has 118 valence electrons. The second-order valence-electron chi connectivity index (χ2n) is 4.99. The Balaban J connectivity index is 1.79. The van der Waals surface area contributed by atoms with Gasteiger partial charge in [0.05, 0.1) is 13.2 Å². The fourth-order valence-corrected chi connectivity index (χ4v) is 1.97. The van der Waals surface area contributed by atoms with Crippen LogP contribution in [0.15, 0.2) is 54.6 Å². The Morgan fingerprint density at radius 3 is 2.50 bits per heavy atom. The average molecular weight is 301 g/mol. The van der Waals surface area contributed by atoms with Gasteiger partial charge in [-0.05, 0) is 31.2 Å². The topological polar surface area (TPSA) is 39.7 Å². The van der Waals surface area contributed by atoms with E-state index in [4.69, 9.17) is 14.2 Å². The number of para-hydroxylation sites is 1. The van der Waals surface area contributed by atoms with E-state index in [0.29, 0.717) is 13.2 Å². The zero-order valence-corrected chi connectivity index (χ0v) is 13.1. The lowest BCUT2D eigenvalue weighted by atomic mass is 10.3.